The molecule has 9 nitrogen and oxygen atoms in total. The molecule has 1 aromatic carbocycles. The van der Waals surface area contributed by atoms with Crippen molar-refractivity contribution in [3.8, 4) is 0 Å². The molecule has 2 aromatic heterocycles. The van der Waals surface area contributed by atoms with E-state index in [-0.39, 0.29) is 25.5 Å². The van der Waals surface area contributed by atoms with Gasteiger partial charge in [0.15, 0.2) is 5.79 Å². The molecular formula is C23H24N4O5. The topological polar surface area (TPSA) is 106 Å². The monoisotopic (exact) mass is 436 g/mol. The maximum Gasteiger partial charge on any atom is 0.410 e. The first-order valence-corrected chi connectivity index (χ1v) is 10.6. The van der Waals surface area contributed by atoms with E-state index in [1.165, 1.54) is 4.90 Å². The van der Waals surface area contributed by atoms with Gasteiger partial charge >= 0.3 is 6.09 Å². The summed E-state index contributed by atoms with van der Waals surface area (Å²) in [6.45, 7) is 1.44. The van der Waals surface area contributed by atoms with Crippen LogP contribution in [0.25, 0.3) is 10.9 Å². The smallest absolute Gasteiger partial charge is 0.410 e. The van der Waals surface area contributed by atoms with Crippen molar-refractivity contribution >= 4 is 22.9 Å². The summed E-state index contributed by atoms with van der Waals surface area (Å²) < 4.78 is 17.0. The van der Waals surface area contributed by atoms with E-state index in [1.807, 2.05) is 42.5 Å². The predicted octanol–water partition coefficient (Wildman–Crippen LogP) is 2.33. The van der Waals surface area contributed by atoms with E-state index in [0.717, 1.165) is 22.2 Å². The first-order chi connectivity index (χ1) is 15.6. The number of benzene rings is 1. The van der Waals surface area contributed by atoms with Gasteiger partial charge in [-0.1, -0.05) is 30.3 Å². The predicted molar refractivity (Wildman–Crippen MR) is 114 cm³/mol. The second-order valence-corrected chi connectivity index (χ2v) is 7.97. The van der Waals surface area contributed by atoms with Crippen molar-refractivity contribution < 1.29 is 23.8 Å². The molecule has 1 atom stereocenters. The highest BCUT2D eigenvalue weighted by molar-refractivity contribution is 5.86. The number of carbonyl (C=O) groups excluding carboxylic acids is 2. The summed E-state index contributed by atoms with van der Waals surface area (Å²) in [6.07, 6.45) is 3.16. The molecule has 0 bridgehead atoms. The molecule has 2 N–H and O–H groups in total. The number of aromatic amines is 1. The summed E-state index contributed by atoms with van der Waals surface area (Å²) in [5.41, 5.74) is 2.67. The Balaban J connectivity index is 1.26. The minimum absolute atomic E-state index is 0.127. The number of H-pyrrole nitrogens is 1. The molecule has 2 saturated heterocycles. The third-order valence-corrected chi connectivity index (χ3v) is 5.78. The molecule has 2 fully saturated rings. The molecule has 9 heteroatoms. The maximum atomic E-state index is 13.1. The number of hydrogen-bond donors (Lipinski definition) is 2. The quantitative estimate of drug-likeness (QED) is 0.636. The van der Waals surface area contributed by atoms with E-state index < -0.39 is 17.9 Å². The SMILES string of the molecule is O=C(NCc1cc2cnccc2[nH]1)[C@@H]1CC2(CN1C(=O)OCc1ccccc1)OCCO2. The molecule has 166 valence electrons. The molecule has 5 rings (SSSR count). The summed E-state index contributed by atoms with van der Waals surface area (Å²) in [4.78, 5) is 34.7. The average molecular weight is 436 g/mol. The fourth-order valence-corrected chi connectivity index (χ4v) is 4.20. The number of fused-ring (bicyclic) bond motifs is 1. The van der Waals surface area contributed by atoms with E-state index in [0.29, 0.717) is 19.8 Å². The van der Waals surface area contributed by atoms with Gasteiger partial charge in [-0.2, -0.15) is 0 Å². The van der Waals surface area contributed by atoms with E-state index in [2.05, 4.69) is 15.3 Å². The minimum atomic E-state index is -0.958. The molecular weight excluding hydrogens is 412 g/mol. The Morgan fingerprint density at radius 2 is 2.03 bits per heavy atom. The Kier molecular flexibility index (Phi) is 5.50. The van der Waals surface area contributed by atoms with Crippen LogP contribution in [0.4, 0.5) is 4.79 Å². The highest BCUT2D eigenvalue weighted by Crippen LogP contribution is 2.35. The molecule has 3 aromatic rings. The highest BCUT2D eigenvalue weighted by atomic mass is 16.7. The molecule has 0 unspecified atom stereocenters. The lowest BCUT2D eigenvalue weighted by atomic mass is 10.1. The number of carbonyl (C=O) groups is 2. The van der Waals surface area contributed by atoms with Gasteiger partial charge in [-0.3, -0.25) is 14.7 Å². The van der Waals surface area contributed by atoms with Gasteiger partial charge in [0.25, 0.3) is 0 Å². The summed E-state index contributed by atoms with van der Waals surface area (Å²) in [6, 6.07) is 12.5. The number of hydrogen-bond acceptors (Lipinski definition) is 6. The maximum absolute atomic E-state index is 13.1. The summed E-state index contributed by atoms with van der Waals surface area (Å²) in [5.74, 6) is -1.24. The number of likely N-dealkylation sites (tertiary alicyclic amines) is 1. The molecule has 0 saturated carbocycles. The van der Waals surface area contributed by atoms with Crippen molar-refractivity contribution in [3.63, 3.8) is 0 Å². The highest BCUT2D eigenvalue weighted by Gasteiger charge is 2.53. The van der Waals surface area contributed by atoms with Gasteiger partial charge in [0, 0.05) is 35.4 Å². The summed E-state index contributed by atoms with van der Waals surface area (Å²) >= 11 is 0. The molecule has 2 aliphatic heterocycles. The normalized spacial score (nSPS) is 19.5. The second-order valence-electron chi connectivity index (χ2n) is 7.97. The number of rotatable bonds is 5. The van der Waals surface area contributed by atoms with E-state index in [4.69, 9.17) is 14.2 Å². The van der Waals surface area contributed by atoms with Crippen LogP contribution in [0.1, 0.15) is 17.7 Å². The lowest BCUT2D eigenvalue weighted by Crippen LogP contribution is -2.46. The van der Waals surface area contributed by atoms with Crippen LogP contribution < -0.4 is 5.32 Å². The van der Waals surface area contributed by atoms with Crippen LogP contribution >= 0.6 is 0 Å². The standard InChI is InChI=1S/C23H24N4O5/c28-21(25-13-18-10-17-12-24-7-6-19(17)26-18)20-11-23(31-8-9-32-23)15-27(20)22(29)30-14-16-4-2-1-3-5-16/h1-7,10,12,20,26H,8-9,11,13-15H2,(H,25,28)/t20-/m0/s1. The van der Waals surface area contributed by atoms with Gasteiger partial charge in [-0.25, -0.2) is 4.79 Å². The van der Waals surface area contributed by atoms with Gasteiger partial charge in [0.2, 0.25) is 5.91 Å². The third-order valence-electron chi connectivity index (χ3n) is 5.78. The Hall–Kier alpha value is -3.43. The fraction of sp³-hybridized carbons (Fsp3) is 0.348. The zero-order valence-corrected chi connectivity index (χ0v) is 17.5. The van der Waals surface area contributed by atoms with Crippen LogP contribution in [0.2, 0.25) is 0 Å². The largest absolute Gasteiger partial charge is 0.445 e. The Morgan fingerprint density at radius 3 is 2.81 bits per heavy atom. The zero-order chi connectivity index (χ0) is 22.0. The van der Waals surface area contributed by atoms with Crippen LogP contribution in [-0.4, -0.2) is 58.5 Å². The number of aromatic nitrogens is 2. The van der Waals surface area contributed by atoms with Crippen molar-refractivity contribution in [1.82, 2.24) is 20.2 Å². The van der Waals surface area contributed by atoms with Crippen molar-refractivity contribution in [1.29, 1.82) is 0 Å². The van der Waals surface area contributed by atoms with Crippen LogP contribution in [0.15, 0.2) is 54.9 Å². The van der Waals surface area contributed by atoms with Crippen LogP contribution in [0.5, 0.6) is 0 Å². The Labute approximate surface area is 184 Å². The summed E-state index contributed by atoms with van der Waals surface area (Å²) in [5, 5.41) is 3.88. The number of nitrogens with one attached hydrogen (secondary N) is 2. The summed E-state index contributed by atoms with van der Waals surface area (Å²) in [7, 11) is 0. The van der Waals surface area contributed by atoms with Crippen molar-refractivity contribution in [2.45, 2.75) is 31.4 Å². The van der Waals surface area contributed by atoms with Gasteiger partial charge in [-0.05, 0) is 17.7 Å². The zero-order valence-electron chi connectivity index (χ0n) is 17.5. The number of nitrogens with zero attached hydrogens (tertiary/aromatic N) is 2. The Morgan fingerprint density at radius 1 is 1.22 bits per heavy atom. The first-order valence-electron chi connectivity index (χ1n) is 10.6. The molecule has 32 heavy (non-hydrogen) atoms. The van der Waals surface area contributed by atoms with Crippen LogP contribution in [0, 0.1) is 0 Å². The van der Waals surface area contributed by atoms with E-state index >= 15 is 0 Å². The molecule has 1 spiro atoms. The van der Waals surface area contributed by atoms with E-state index in [9.17, 15) is 9.59 Å². The fourth-order valence-electron chi connectivity index (χ4n) is 4.20. The van der Waals surface area contributed by atoms with E-state index in [1.54, 1.807) is 12.4 Å². The van der Waals surface area contributed by atoms with Crippen molar-refractivity contribution in [2.24, 2.45) is 0 Å². The number of pyridine rings is 1. The minimum Gasteiger partial charge on any atom is -0.445 e. The van der Waals surface area contributed by atoms with Crippen LogP contribution in [0.3, 0.4) is 0 Å². The molecule has 4 heterocycles. The Bertz CT molecular complexity index is 1080. The van der Waals surface area contributed by atoms with Gasteiger partial charge in [0.05, 0.1) is 26.3 Å². The van der Waals surface area contributed by atoms with Crippen molar-refractivity contribution in [2.75, 3.05) is 19.8 Å². The lowest BCUT2D eigenvalue weighted by molar-refractivity contribution is -0.146. The van der Waals surface area contributed by atoms with Gasteiger partial charge < -0.3 is 24.5 Å². The molecule has 0 aliphatic carbocycles. The number of amides is 2. The van der Waals surface area contributed by atoms with Crippen molar-refractivity contribution in [3.05, 3.63) is 66.1 Å². The second kappa shape index (κ2) is 8.60. The molecule has 2 amide bonds. The number of ether oxygens (including phenoxy) is 3. The lowest BCUT2D eigenvalue weighted by Gasteiger charge is -2.23. The average Bonchev–Trinajstić information content (AvgIpc) is 3.55. The third kappa shape index (κ3) is 4.17. The van der Waals surface area contributed by atoms with Gasteiger partial charge in [0.1, 0.15) is 12.6 Å². The van der Waals surface area contributed by atoms with Crippen LogP contribution in [-0.2, 0) is 32.2 Å². The molecule has 0 radical (unpaired) electrons. The first kappa shape index (κ1) is 20.5. The molecule has 2 aliphatic rings. The van der Waals surface area contributed by atoms with Gasteiger partial charge in [-0.15, -0.1) is 0 Å².